The maximum absolute atomic E-state index is 12.9. The van der Waals surface area contributed by atoms with Crippen molar-refractivity contribution < 1.29 is 17.6 Å². The number of alkyl halides is 3. The van der Waals surface area contributed by atoms with Crippen LogP contribution in [0.5, 0.6) is 0 Å². The lowest BCUT2D eigenvalue weighted by atomic mass is 9.97. The van der Waals surface area contributed by atoms with Crippen molar-refractivity contribution in [2.45, 2.75) is 46.5 Å². The second-order valence-corrected chi connectivity index (χ2v) is 8.64. The molecule has 0 aliphatic heterocycles. The third-order valence-electron chi connectivity index (χ3n) is 5.16. The van der Waals surface area contributed by atoms with Crippen LogP contribution in [0.2, 0.25) is 0 Å². The smallest absolute Gasteiger partial charge is 0.449 e. The van der Waals surface area contributed by atoms with Crippen LogP contribution in [0, 0.1) is 20.8 Å². The molecule has 0 fully saturated rings. The van der Waals surface area contributed by atoms with E-state index in [4.69, 9.17) is 4.42 Å². The maximum Gasteiger partial charge on any atom is 0.449 e. The van der Waals surface area contributed by atoms with Gasteiger partial charge in [-0.2, -0.15) is 13.2 Å². The first-order valence-electron chi connectivity index (χ1n) is 10.1. The molecule has 0 spiro atoms. The fraction of sp³-hybridized carbons (Fsp3) is 0.333. The third-order valence-corrected chi connectivity index (χ3v) is 5.69. The summed E-state index contributed by atoms with van der Waals surface area (Å²) >= 11 is 3.43. The van der Waals surface area contributed by atoms with Crippen LogP contribution in [-0.4, -0.2) is 11.4 Å². The lowest BCUT2D eigenvalue weighted by Gasteiger charge is -2.23. The number of rotatable bonds is 7. The monoisotopic (exact) mass is 545 g/mol. The molecule has 0 amide bonds. The summed E-state index contributed by atoms with van der Waals surface area (Å²) in [6, 6.07) is 14.7. The molecular weight excluding hydrogens is 517 g/mol. The van der Waals surface area contributed by atoms with Crippen molar-refractivity contribution in [2.75, 3.05) is 6.54 Å². The van der Waals surface area contributed by atoms with Gasteiger partial charge < -0.3 is 4.42 Å². The summed E-state index contributed by atoms with van der Waals surface area (Å²) in [7, 11) is 4.67. The van der Waals surface area contributed by atoms with Crippen molar-refractivity contribution in [1.29, 1.82) is 0 Å². The molecule has 3 aromatic rings. The molecule has 0 saturated carbocycles. The van der Waals surface area contributed by atoms with E-state index in [1.165, 1.54) is 28.3 Å². The van der Waals surface area contributed by atoms with Gasteiger partial charge in [-0.3, -0.25) is 4.90 Å². The minimum atomic E-state index is -4.47. The Kier molecular flexibility index (Phi) is 10.4. The summed E-state index contributed by atoms with van der Waals surface area (Å²) in [5.74, 6) is -0.636. The highest BCUT2D eigenvalue weighted by Crippen LogP contribution is 2.31. The van der Waals surface area contributed by atoms with Crippen molar-refractivity contribution in [1.82, 2.24) is 4.90 Å². The standard InChI is InChI=1S/C24H25BrF3NO.H4P2/c1-16-12-17(2)22(18(3)13-16)10-11-29(14-19-4-6-20(25)7-5-19)15-21-8-9-23(30-21)24(26,27)28;1-2/h4-9,12-13H,10-11,14-15H2,1-3H3;1-2H2. The highest BCUT2D eigenvalue weighted by Gasteiger charge is 2.34. The van der Waals surface area contributed by atoms with E-state index < -0.39 is 11.9 Å². The number of hydrogen-bond acceptors (Lipinski definition) is 2. The van der Waals surface area contributed by atoms with Crippen LogP contribution < -0.4 is 0 Å². The van der Waals surface area contributed by atoms with Crippen LogP contribution >= 0.6 is 33.8 Å². The average Bonchev–Trinajstić information content (AvgIpc) is 3.19. The van der Waals surface area contributed by atoms with Crippen molar-refractivity contribution in [3.8, 4) is 0 Å². The molecule has 174 valence electrons. The van der Waals surface area contributed by atoms with Crippen LogP contribution in [0.15, 0.2) is 57.4 Å². The number of benzene rings is 2. The molecule has 8 heteroatoms. The largest absolute Gasteiger partial charge is 0.455 e. The van der Waals surface area contributed by atoms with E-state index in [0.717, 1.165) is 22.5 Å². The molecule has 2 atom stereocenters. The normalized spacial score (nSPS) is 11.4. The molecule has 1 aromatic heterocycles. The molecule has 0 bridgehead atoms. The Morgan fingerprint density at radius 2 is 1.50 bits per heavy atom. The quantitative estimate of drug-likeness (QED) is 0.281. The van der Waals surface area contributed by atoms with Crippen LogP contribution in [0.4, 0.5) is 13.2 Å². The van der Waals surface area contributed by atoms with Gasteiger partial charge in [0.2, 0.25) is 5.76 Å². The highest BCUT2D eigenvalue weighted by atomic mass is 79.9. The molecule has 1 heterocycles. The van der Waals surface area contributed by atoms with E-state index in [0.29, 0.717) is 25.4 Å². The fourth-order valence-electron chi connectivity index (χ4n) is 3.77. The molecule has 2 unspecified atom stereocenters. The lowest BCUT2D eigenvalue weighted by Crippen LogP contribution is -2.25. The zero-order valence-corrected chi connectivity index (χ0v) is 22.4. The van der Waals surface area contributed by atoms with Gasteiger partial charge in [-0.15, -0.1) is 17.9 Å². The van der Waals surface area contributed by atoms with Crippen LogP contribution in [0.1, 0.15) is 39.3 Å². The van der Waals surface area contributed by atoms with E-state index in [9.17, 15) is 13.2 Å². The number of aryl methyl sites for hydroxylation is 3. The van der Waals surface area contributed by atoms with Gasteiger partial charge in [0.15, 0.2) is 0 Å². The van der Waals surface area contributed by atoms with E-state index >= 15 is 0 Å². The van der Waals surface area contributed by atoms with Crippen LogP contribution in [0.25, 0.3) is 0 Å². The molecule has 0 aliphatic carbocycles. The predicted octanol–water partition coefficient (Wildman–Crippen LogP) is 7.88. The van der Waals surface area contributed by atoms with Gasteiger partial charge in [-0.05, 0) is 73.7 Å². The Morgan fingerprint density at radius 1 is 0.906 bits per heavy atom. The molecule has 0 aliphatic rings. The first-order valence-corrected chi connectivity index (χ1v) is 13.6. The van der Waals surface area contributed by atoms with Gasteiger partial charge in [0.05, 0.1) is 6.54 Å². The summed E-state index contributed by atoms with van der Waals surface area (Å²) in [4.78, 5) is 2.13. The highest BCUT2D eigenvalue weighted by molar-refractivity contribution is 9.10. The number of furan rings is 1. The van der Waals surface area contributed by atoms with Crippen molar-refractivity contribution >= 4 is 33.8 Å². The van der Waals surface area contributed by atoms with Crippen LogP contribution in [0.3, 0.4) is 0 Å². The summed E-state index contributed by atoms with van der Waals surface area (Å²) < 4.78 is 44.8. The minimum absolute atomic E-state index is 0.316. The lowest BCUT2D eigenvalue weighted by molar-refractivity contribution is -0.153. The molecule has 2 nitrogen and oxygen atoms in total. The number of halogens is 4. The molecule has 0 radical (unpaired) electrons. The molecule has 2 aromatic carbocycles. The van der Waals surface area contributed by atoms with Crippen LogP contribution in [-0.2, 0) is 25.7 Å². The Hall–Kier alpha value is -1.19. The summed E-state index contributed by atoms with van der Waals surface area (Å²) in [5.41, 5.74) is 6.10. The van der Waals surface area contributed by atoms with Gasteiger partial charge in [-0.25, -0.2) is 0 Å². The van der Waals surface area contributed by atoms with E-state index in [2.05, 4.69) is 71.6 Å². The first-order chi connectivity index (χ1) is 15.1. The van der Waals surface area contributed by atoms with E-state index in [-0.39, 0.29) is 0 Å². The number of hydrogen-bond donors (Lipinski definition) is 0. The van der Waals surface area contributed by atoms with E-state index in [1.807, 2.05) is 24.3 Å². The minimum Gasteiger partial charge on any atom is -0.455 e. The second kappa shape index (κ2) is 12.3. The van der Waals surface area contributed by atoms with Crippen molar-refractivity contribution in [3.63, 3.8) is 0 Å². The van der Waals surface area contributed by atoms with Gasteiger partial charge in [-0.1, -0.05) is 45.8 Å². The Balaban J connectivity index is 0.00000176. The molecular formula is C24H29BrF3NOP2. The molecule has 32 heavy (non-hydrogen) atoms. The predicted molar refractivity (Wildman–Crippen MR) is 136 cm³/mol. The van der Waals surface area contributed by atoms with Gasteiger partial charge in [0.25, 0.3) is 0 Å². The topological polar surface area (TPSA) is 16.4 Å². The summed E-state index contributed by atoms with van der Waals surface area (Å²) in [5, 5.41) is 0. The fourth-order valence-corrected chi connectivity index (χ4v) is 4.04. The van der Waals surface area contributed by atoms with Gasteiger partial charge in [0.1, 0.15) is 5.76 Å². The van der Waals surface area contributed by atoms with Crippen molar-refractivity contribution in [2.24, 2.45) is 0 Å². The summed E-state index contributed by atoms with van der Waals surface area (Å²) in [6.45, 7) is 7.95. The summed E-state index contributed by atoms with van der Waals surface area (Å²) in [6.07, 6.45) is -3.65. The Labute approximate surface area is 201 Å². The average molecular weight is 546 g/mol. The molecule has 0 N–H and O–H groups in total. The zero-order chi connectivity index (χ0) is 23.9. The van der Waals surface area contributed by atoms with E-state index in [1.54, 1.807) is 0 Å². The first kappa shape index (κ1) is 27.1. The maximum atomic E-state index is 12.9. The van der Waals surface area contributed by atoms with Gasteiger partial charge in [0, 0.05) is 17.6 Å². The molecule has 0 saturated heterocycles. The molecule has 3 rings (SSSR count). The second-order valence-electron chi connectivity index (χ2n) is 7.73. The third kappa shape index (κ3) is 7.99. The zero-order valence-electron chi connectivity index (χ0n) is 18.5. The Morgan fingerprint density at radius 3 is 2.03 bits per heavy atom. The number of nitrogens with zero attached hydrogens (tertiary/aromatic N) is 1. The Bertz CT molecular complexity index is 980. The van der Waals surface area contributed by atoms with Crippen molar-refractivity contribution in [3.05, 3.63) is 92.3 Å². The van der Waals surface area contributed by atoms with Gasteiger partial charge >= 0.3 is 6.18 Å². The SMILES string of the molecule is Cc1cc(C)c(CCN(Cc2ccc(Br)cc2)Cc2ccc(C(F)(F)F)o2)c(C)c1.PP.